The molecule has 9 heteroatoms. The van der Waals surface area contributed by atoms with Gasteiger partial charge in [-0.2, -0.15) is 4.39 Å². The fourth-order valence-electron chi connectivity index (χ4n) is 4.74. The number of fused-ring (bicyclic) bond motifs is 1. The summed E-state index contributed by atoms with van der Waals surface area (Å²) in [5, 5.41) is 15.5. The maximum atomic E-state index is 15.6. The summed E-state index contributed by atoms with van der Waals surface area (Å²) in [6, 6.07) is 16.3. The number of carboxylic acid groups (broad SMARTS) is 1. The topological polar surface area (TPSA) is 100 Å². The van der Waals surface area contributed by atoms with Gasteiger partial charge in [0, 0.05) is 17.9 Å². The third kappa shape index (κ3) is 5.02. The van der Waals surface area contributed by atoms with Crippen molar-refractivity contribution in [3.63, 3.8) is 0 Å². The zero-order valence-corrected chi connectivity index (χ0v) is 21.2. The molecule has 0 atom stereocenters. The number of rotatable bonds is 7. The van der Waals surface area contributed by atoms with Gasteiger partial charge in [-0.15, -0.1) is 5.10 Å². The molecule has 1 aromatic heterocycles. The molecule has 0 spiro atoms. The molecule has 5 rings (SSSR count). The lowest BCUT2D eigenvalue weighted by Crippen LogP contribution is -2.16. The normalized spacial score (nSPS) is 15.0. The fraction of sp³-hybridized carbons (Fsp3) is 0.172. The average Bonchev–Trinajstić information content (AvgIpc) is 3.21. The van der Waals surface area contributed by atoms with Gasteiger partial charge in [-0.3, -0.25) is 5.10 Å². The molecule has 3 aromatic carbocycles. The number of halogens is 2. The van der Waals surface area contributed by atoms with E-state index in [1.54, 1.807) is 24.3 Å². The summed E-state index contributed by atoms with van der Waals surface area (Å²) in [7, 11) is -3.60. The predicted molar refractivity (Wildman–Crippen MR) is 142 cm³/mol. The predicted octanol–water partition coefficient (Wildman–Crippen LogP) is 6.10. The molecule has 2 N–H and O–H groups in total. The van der Waals surface area contributed by atoms with Crippen molar-refractivity contribution in [2.45, 2.75) is 24.2 Å². The van der Waals surface area contributed by atoms with Crippen LogP contribution in [0.3, 0.4) is 0 Å². The molecule has 1 aliphatic rings. The third-order valence-electron chi connectivity index (χ3n) is 6.86. The number of nitrogens with zero attached hydrogens (tertiary/aromatic N) is 1. The van der Waals surface area contributed by atoms with Crippen LogP contribution in [-0.2, 0) is 14.6 Å². The first-order valence-electron chi connectivity index (χ1n) is 12.0. The summed E-state index contributed by atoms with van der Waals surface area (Å²) < 4.78 is 54.1. The Bertz CT molecular complexity index is 1720. The lowest BCUT2D eigenvalue weighted by molar-refractivity contribution is -0.131. The van der Waals surface area contributed by atoms with Crippen LogP contribution in [0.1, 0.15) is 41.5 Å². The number of benzene rings is 3. The van der Waals surface area contributed by atoms with E-state index in [1.807, 2.05) is 18.2 Å². The summed E-state index contributed by atoms with van der Waals surface area (Å²) in [5.41, 5.74) is 4.27. The van der Waals surface area contributed by atoms with Crippen molar-refractivity contribution in [3.8, 4) is 0 Å². The standard InChI is InChI=1S/C29H24F2N2O4S/c1-38(36,37)21-11-12-22(24(30)16-21)28(18-3-2-4-18)27(19-8-5-17(6-9-19)7-14-26(34)35)20-10-13-25-23(15-20)29(31)33-32-25/h5-16,18H,2-4H2,1H3,(H,32,33)(H,34,35)/b14-7+,28-27+. The zero-order chi connectivity index (χ0) is 27.0. The van der Waals surface area contributed by atoms with Gasteiger partial charge in [0.25, 0.3) is 0 Å². The Morgan fingerprint density at radius 2 is 1.74 bits per heavy atom. The van der Waals surface area contributed by atoms with Crippen LogP contribution in [0.2, 0.25) is 0 Å². The molecule has 38 heavy (non-hydrogen) atoms. The largest absolute Gasteiger partial charge is 0.478 e. The first-order valence-corrected chi connectivity index (χ1v) is 13.9. The number of allylic oxidation sites excluding steroid dienone is 1. The van der Waals surface area contributed by atoms with E-state index in [9.17, 15) is 17.6 Å². The molecule has 1 fully saturated rings. The summed E-state index contributed by atoms with van der Waals surface area (Å²) in [4.78, 5) is 10.8. The van der Waals surface area contributed by atoms with Gasteiger partial charge in [-0.25, -0.2) is 17.6 Å². The molecule has 0 unspecified atom stereocenters. The van der Waals surface area contributed by atoms with Crippen LogP contribution in [0.25, 0.3) is 28.1 Å². The van der Waals surface area contributed by atoms with Gasteiger partial charge in [-0.1, -0.05) is 42.8 Å². The van der Waals surface area contributed by atoms with Crippen molar-refractivity contribution in [1.82, 2.24) is 10.2 Å². The molecule has 0 aliphatic heterocycles. The SMILES string of the molecule is CS(=O)(=O)c1ccc(/C(=C(\c2ccc(/C=C/C(=O)O)cc2)c2ccc3[nH]nc(F)c3c2)C2CCC2)c(F)c1. The highest BCUT2D eigenvalue weighted by molar-refractivity contribution is 7.90. The second-order valence-electron chi connectivity index (χ2n) is 9.40. The van der Waals surface area contributed by atoms with Crippen molar-refractivity contribution < 1.29 is 27.1 Å². The van der Waals surface area contributed by atoms with Gasteiger partial charge >= 0.3 is 5.97 Å². The highest BCUT2D eigenvalue weighted by Crippen LogP contribution is 2.46. The Morgan fingerprint density at radius 3 is 2.34 bits per heavy atom. The first-order chi connectivity index (χ1) is 18.1. The van der Waals surface area contributed by atoms with Gasteiger partial charge in [0.05, 0.1) is 15.8 Å². The number of nitrogens with one attached hydrogen (secondary N) is 1. The number of carbonyl (C=O) groups is 1. The van der Waals surface area contributed by atoms with Crippen LogP contribution in [0.4, 0.5) is 8.78 Å². The van der Waals surface area contributed by atoms with Crippen molar-refractivity contribution in [2.24, 2.45) is 5.92 Å². The molecule has 0 radical (unpaired) electrons. The highest BCUT2D eigenvalue weighted by Gasteiger charge is 2.29. The first kappa shape index (κ1) is 25.5. The van der Waals surface area contributed by atoms with Gasteiger partial charge in [-0.05, 0) is 76.9 Å². The van der Waals surface area contributed by atoms with E-state index in [4.69, 9.17) is 5.11 Å². The van der Waals surface area contributed by atoms with E-state index in [-0.39, 0.29) is 10.8 Å². The second kappa shape index (κ2) is 9.98. The van der Waals surface area contributed by atoms with Gasteiger partial charge in [0.2, 0.25) is 5.95 Å². The third-order valence-corrected chi connectivity index (χ3v) is 7.97. The van der Waals surface area contributed by atoms with Crippen molar-refractivity contribution >= 4 is 43.9 Å². The Balaban J connectivity index is 1.77. The van der Waals surface area contributed by atoms with E-state index in [0.717, 1.165) is 43.2 Å². The summed E-state index contributed by atoms with van der Waals surface area (Å²) in [6.45, 7) is 0. The van der Waals surface area contributed by atoms with E-state index in [1.165, 1.54) is 18.2 Å². The molecular weight excluding hydrogens is 510 g/mol. The molecule has 1 heterocycles. The Kier molecular flexibility index (Phi) is 6.71. The average molecular weight is 535 g/mol. The second-order valence-corrected chi connectivity index (χ2v) is 11.4. The van der Waals surface area contributed by atoms with Crippen LogP contribution in [-0.4, -0.2) is 35.9 Å². The summed E-state index contributed by atoms with van der Waals surface area (Å²) >= 11 is 0. The number of hydrogen-bond acceptors (Lipinski definition) is 4. The van der Waals surface area contributed by atoms with Crippen LogP contribution in [0.15, 0.2) is 71.6 Å². The minimum absolute atomic E-state index is 0.0139. The summed E-state index contributed by atoms with van der Waals surface area (Å²) in [5.74, 6) is -2.35. The fourth-order valence-corrected chi connectivity index (χ4v) is 5.38. The number of sulfone groups is 1. The van der Waals surface area contributed by atoms with Crippen LogP contribution in [0, 0.1) is 17.7 Å². The van der Waals surface area contributed by atoms with E-state index in [2.05, 4.69) is 10.2 Å². The zero-order valence-electron chi connectivity index (χ0n) is 20.4. The number of hydrogen-bond donors (Lipinski definition) is 2. The molecule has 6 nitrogen and oxygen atoms in total. The number of H-pyrrole nitrogens is 1. The Morgan fingerprint density at radius 1 is 1.03 bits per heavy atom. The van der Waals surface area contributed by atoms with Gasteiger partial charge < -0.3 is 5.11 Å². The highest BCUT2D eigenvalue weighted by atomic mass is 32.2. The lowest BCUT2D eigenvalue weighted by atomic mass is 9.73. The maximum Gasteiger partial charge on any atom is 0.328 e. The molecule has 1 saturated carbocycles. The summed E-state index contributed by atoms with van der Waals surface area (Å²) in [6.07, 6.45) is 6.17. The molecule has 1 aliphatic carbocycles. The van der Waals surface area contributed by atoms with Crippen LogP contribution in [0.5, 0.6) is 0 Å². The number of aromatic amines is 1. The van der Waals surface area contributed by atoms with Crippen molar-refractivity contribution in [1.29, 1.82) is 0 Å². The number of aliphatic carboxylic acids is 1. The van der Waals surface area contributed by atoms with Crippen molar-refractivity contribution in [3.05, 3.63) is 101 Å². The molecule has 4 aromatic rings. The van der Waals surface area contributed by atoms with Gasteiger partial charge in [0.1, 0.15) is 5.82 Å². The van der Waals surface area contributed by atoms with E-state index < -0.39 is 27.6 Å². The van der Waals surface area contributed by atoms with Crippen molar-refractivity contribution in [2.75, 3.05) is 6.26 Å². The van der Waals surface area contributed by atoms with E-state index >= 15 is 4.39 Å². The van der Waals surface area contributed by atoms with E-state index in [0.29, 0.717) is 38.7 Å². The number of aromatic nitrogens is 2. The monoisotopic (exact) mass is 534 g/mol. The quantitative estimate of drug-likeness (QED) is 0.220. The Hall–Kier alpha value is -4.11. The minimum atomic E-state index is -3.60. The molecule has 0 bridgehead atoms. The molecule has 0 saturated heterocycles. The molecule has 0 amide bonds. The molecular formula is C29H24F2N2O4S. The maximum absolute atomic E-state index is 15.6. The van der Waals surface area contributed by atoms with Gasteiger partial charge in [0.15, 0.2) is 9.84 Å². The molecule has 194 valence electrons. The Labute approximate surface area is 218 Å². The lowest BCUT2D eigenvalue weighted by Gasteiger charge is -2.32. The van der Waals surface area contributed by atoms with Crippen LogP contribution < -0.4 is 0 Å². The number of carboxylic acids is 1. The minimum Gasteiger partial charge on any atom is -0.478 e. The smallest absolute Gasteiger partial charge is 0.328 e. The van der Waals surface area contributed by atoms with Crippen LogP contribution >= 0.6 is 0 Å².